The maximum absolute atomic E-state index is 13.5. The van der Waals surface area contributed by atoms with Gasteiger partial charge < -0.3 is 5.32 Å². The van der Waals surface area contributed by atoms with Crippen LogP contribution in [-0.4, -0.2) is 15.7 Å². The zero-order chi connectivity index (χ0) is 22.1. The first-order valence-electron chi connectivity index (χ1n) is 9.63. The molecule has 30 heavy (non-hydrogen) atoms. The number of halogens is 3. The monoisotopic (exact) mass is 431 g/mol. The Morgan fingerprint density at radius 1 is 1.13 bits per heavy atom. The lowest BCUT2D eigenvalue weighted by atomic mass is 9.92. The van der Waals surface area contributed by atoms with Crippen LogP contribution in [-0.2, 0) is 16.8 Å². The van der Waals surface area contributed by atoms with Gasteiger partial charge in [-0.05, 0) is 48.9 Å². The summed E-state index contributed by atoms with van der Waals surface area (Å²) in [4.78, 5) is 12.6. The topological polar surface area (TPSA) is 46.9 Å². The summed E-state index contributed by atoms with van der Waals surface area (Å²) in [6.07, 6.45) is 0. The molecule has 3 aromatic rings. The van der Waals surface area contributed by atoms with E-state index < -0.39 is 17.6 Å². The first kappa shape index (κ1) is 22.0. The summed E-state index contributed by atoms with van der Waals surface area (Å²) >= 11 is 6.13. The highest BCUT2D eigenvalue weighted by Crippen LogP contribution is 2.25. The molecule has 0 aliphatic rings. The second kappa shape index (κ2) is 8.56. The lowest BCUT2D eigenvalue weighted by molar-refractivity contribution is -0.122. The van der Waals surface area contributed by atoms with Gasteiger partial charge in [0.25, 0.3) is 0 Å². The Labute approximate surface area is 179 Å². The summed E-state index contributed by atoms with van der Waals surface area (Å²) in [6, 6.07) is 12.3. The quantitative estimate of drug-likeness (QED) is 0.578. The smallest absolute Gasteiger partial charge is 0.227 e. The van der Waals surface area contributed by atoms with Gasteiger partial charge in [-0.25, -0.2) is 13.5 Å². The fraction of sp³-hybridized carbons (Fsp3) is 0.304. The summed E-state index contributed by atoms with van der Waals surface area (Å²) in [5.74, 6) is -2.46. The predicted molar refractivity (Wildman–Crippen MR) is 114 cm³/mol. The number of nitrogens with zero attached hydrogens (tertiary/aromatic N) is 2. The van der Waals surface area contributed by atoms with E-state index in [2.05, 4.69) is 26.1 Å². The minimum atomic E-state index is -0.710. The highest BCUT2D eigenvalue weighted by atomic mass is 35.5. The van der Waals surface area contributed by atoms with E-state index in [1.54, 1.807) is 23.7 Å². The van der Waals surface area contributed by atoms with E-state index in [4.69, 9.17) is 16.7 Å². The molecule has 1 unspecified atom stereocenters. The van der Waals surface area contributed by atoms with Crippen molar-refractivity contribution in [3.63, 3.8) is 0 Å². The standard InChI is InChI=1S/C23H24ClF2N3O/c1-14(15-8-17(25)11-18(26)9-15)22(30)27-13-20-12-21(23(2,3)4)28-29(20)19-7-5-6-16(24)10-19/h5-12,14H,13H2,1-4H3,(H,27,30). The molecule has 1 aromatic heterocycles. The number of hydrogen-bond donors (Lipinski definition) is 1. The van der Waals surface area contributed by atoms with Crippen molar-refractivity contribution >= 4 is 17.5 Å². The number of carbonyl (C=O) groups excluding carboxylic acids is 1. The zero-order valence-electron chi connectivity index (χ0n) is 17.3. The molecule has 1 heterocycles. The summed E-state index contributed by atoms with van der Waals surface area (Å²) in [5.41, 5.74) is 2.51. The van der Waals surface area contributed by atoms with Gasteiger partial charge >= 0.3 is 0 Å². The molecule has 3 rings (SSSR count). The normalized spacial score (nSPS) is 12.6. The van der Waals surface area contributed by atoms with Crippen molar-refractivity contribution in [1.82, 2.24) is 15.1 Å². The Kier molecular flexibility index (Phi) is 6.27. The van der Waals surface area contributed by atoms with E-state index in [1.165, 1.54) is 12.1 Å². The number of benzene rings is 2. The van der Waals surface area contributed by atoms with Gasteiger partial charge in [0.2, 0.25) is 5.91 Å². The molecule has 1 atom stereocenters. The number of amides is 1. The average molecular weight is 432 g/mol. The highest BCUT2D eigenvalue weighted by molar-refractivity contribution is 6.30. The van der Waals surface area contributed by atoms with Crippen molar-refractivity contribution in [2.75, 3.05) is 0 Å². The lowest BCUT2D eigenvalue weighted by Gasteiger charge is -2.14. The molecule has 0 aliphatic heterocycles. The molecule has 0 aliphatic carbocycles. The molecule has 0 fully saturated rings. The van der Waals surface area contributed by atoms with Crippen LogP contribution < -0.4 is 5.32 Å². The molecule has 0 spiro atoms. The second-order valence-corrected chi connectivity index (χ2v) is 8.74. The lowest BCUT2D eigenvalue weighted by Crippen LogP contribution is -2.28. The summed E-state index contributed by atoms with van der Waals surface area (Å²) < 4.78 is 28.7. The van der Waals surface area contributed by atoms with E-state index in [9.17, 15) is 13.6 Å². The van der Waals surface area contributed by atoms with E-state index in [1.807, 2.05) is 18.2 Å². The van der Waals surface area contributed by atoms with Gasteiger partial charge in [-0.15, -0.1) is 0 Å². The van der Waals surface area contributed by atoms with E-state index in [0.29, 0.717) is 5.02 Å². The molecule has 158 valence electrons. The number of aromatic nitrogens is 2. The Balaban J connectivity index is 1.85. The molecule has 0 saturated carbocycles. The van der Waals surface area contributed by atoms with Crippen molar-refractivity contribution in [3.8, 4) is 5.69 Å². The zero-order valence-corrected chi connectivity index (χ0v) is 18.1. The van der Waals surface area contributed by atoms with Crippen LogP contribution in [0, 0.1) is 11.6 Å². The number of rotatable bonds is 5. The summed E-state index contributed by atoms with van der Waals surface area (Å²) in [6.45, 7) is 7.98. The van der Waals surface area contributed by atoms with E-state index >= 15 is 0 Å². The molecule has 1 N–H and O–H groups in total. The third-order valence-corrected chi connectivity index (χ3v) is 5.06. The van der Waals surface area contributed by atoms with Gasteiger partial charge in [0, 0.05) is 16.5 Å². The van der Waals surface area contributed by atoms with Crippen LogP contribution in [0.4, 0.5) is 8.78 Å². The van der Waals surface area contributed by atoms with Crippen LogP contribution in [0.5, 0.6) is 0 Å². The van der Waals surface area contributed by atoms with Gasteiger partial charge in [0.05, 0.1) is 29.5 Å². The van der Waals surface area contributed by atoms with Crippen molar-refractivity contribution < 1.29 is 13.6 Å². The maximum atomic E-state index is 13.5. The Hall–Kier alpha value is -2.73. The molecule has 4 nitrogen and oxygen atoms in total. The molecule has 0 bridgehead atoms. The number of nitrogens with one attached hydrogen (secondary N) is 1. The summed E-state index contributed by atoms with van der Waals surface area (Å²) in [5, 5.41) is 8.13. The first-order valence-corrected chi connectivity index (χ1v) is 10.0. The average Bonchev–Trinajstić information content (AvgIpc) is 3.09. The van der Waals surface area contributed by atoms with Gasteiger partial charge in [0.1, 0.15) is 11.6 Å². The molecular weight excluding hydrogens is 408 g/mol. The Bertz CT molecular complexity index is 1050. The second-order valence-electron chi connectivity index (χ2n) is 8.30. The van der Waals surface area contributed by atoms with E-state index in [-0.39, 0.29) is 23.4 Å². The highest BCUT2D eigenvalue weighted by Gasteiger charge is 2.22. The molecular formula is C23H24ClF2N3O. The molecule has 0 radical (unpaired) electrons. The maximum Gasteiger partial charge on any atom is 0.227 e. The van der Waals surface area contributed by atoms with Crippen LogP contribution in [0.1, 0.15) is 50.6 Å². The van der Waals surface area contributed by atoms with Gasteiger partial charge in [-0.2, -0.15) is 5.10 Å². The van der Waals surface area contributed by atoms with E-state index in [0.717, 1.165) is 23.1 Å². The fourth-order valence-electron chi connectivity index (χ4n) is 3.05. The third kappa shape index (κ3) is 5.05. The number of hydrogen-bond acceptors (Lipinski definition) is 2. The molecule has 0 saturated heterocycles. The SMILES string of the molecule is CC(C(=O)NCc1cc(C(C)(C)C)nn1-c1cccc(Cl)c1)c1cc(F)cc(F)c1. The van der Waals surface area contributed by atoms with Gasteiger partial charge in [-0.3, -0.25) is 4.79 Å². The first-order chi connectivity index (χ1) is 14.0. The minimum absolute atomic E-state index is 0.186. The van der Waals surface area contributed by atoms with Crippen LogP contribution in [0.15, 0.2) is 48.5 Å². The molecule has 7 heteroatoms. The van der Waals surface area contributed by atoms with Crippen molar-refractivity contribution in [3.05, 3.63) is 82.1 Å². The third-order valence-electron chi connectivity index (χ3n) is 4.83. The minimum Gasteiger partial charge on any atom is -0.350 e. The molecule has 2 aromatic carbocycles. The number of carbonyl (C=O) groups is 1. The fourth-order valence-corrected chi connectivity index (χ4v) is 3.24. The van der Waals surface area contributed by atoms with Crippen molar-refractivity contribution in [1.29, 1.82) is 0 Å². The predicted octanol–water partition coefficient (Wildman–Crippen LogP) is 5.52. The van der Waals surface area contributed by atoms with Crippen LogP contribution in [0.25, 0.3) is 5.69 Å². The van der Waals surface area contributed by atoms with Crippen LogP contribution in [0.2, 0.25) is 5.02 Å². The van der Waals surface area contributed by atoms with Crippen LogP contribution in [0.3, 0.4) is 0 Å². The Morgan fingerprint density at radius 2 is 1.80 bits per heavy atom. The van der Waals surface area contributed by atoms with Gasteiger partial charge in [0.15, 0.2) is 0 Å². The largest absolute Gasteiger partial charge is 0.350 e. The van der Waals surface area contributed by atoms with Crippen molar-refractivity contribution in [2.45, 2.75) is 45.6 Å². The summed E-state index contributed by atoms with van der Waals surface area (Å²) in [7, 11) is 0. The van der Waals surface area contributed by atoms with Gasteiger partial charge in [-0.1, -0.05) is 38.4 Å². The molecule has 1 amide bonds. The Morgan fingerprint density at radius 3 is 2.40 bits per heavy atom. The van der Waals surface area contributed by atoms with Crippen molar-refractivity contribution in [2.24, 2.45) is 0 Å². The van der Waals surface area contributed by atoms with Crippen LogP contribution >= 0.6 is 11.6 Å².